The maximum absolute atomic E-state index is 12.5. The minimum atomic E-state index is -2.93. The molecule has 0 saturated carbocycles. The standard InChI is InChI=1S/C13H29O3P/c1-8-15-17(14,16-9-2)11-13(6,7)10-12(3,4)5/h8-11H2,1-7H3. The molecule has 0 unspecified atom stereocenters. The average molecular weight is 264 g/mol. The van der Waals surface area contributed by atoms with E-state index < -0.39 is 7.60 Å². The summed E-state index contributed by atoms with van der Waals surface area (Å²) in [5, 5.41) is 0. The van der Waals surface area contributed by atoms with Crippen molar-refractivity contribution in [3.8, 4) is 0 Å². The fraction of sp³-hybridized carbons (Fsp3) is 1.00. The molecular formula is C13H29O3P. The molecule has 0 atom stereocenters. The Labute approximate surface area is 107 Å². The van der Waals surface area contributed by atoms with E-state index in [1.54, 1.807) is 0 Å². The normalized spacial score (nSPS) is 14.1. The van der Waals surface area contributed by atoms with Crippen molar-refractivity contribution in [2.45, 2.75) is 54.9 Å². The van der Waals surface area contributed by atoms with Gasteiger partial charge in [0.15, 0.2) is 0 Å². The summed E-state index contributed by atoms with van der Waals surface area (Å²) in [4.78, 5) is 0. The van der Waals surface area contributed by atoms with Crippen molar-refractivity contribution in [3.05, 3.63) is 0 Å². The van der Waals surface area contributed by atoms with Crippen molar-refractivity contribution in [3.63, 3.8) is 0 Å². The van der Waals surface area contributed by atoms with Crippen molar-refractivity contribution in [2.24, 2.45) is 10.8 Å². The lowest BCUT2D eigenvalue weighted by Gasteiger charge is -2.34. The quantitative estimate of drug-likeness (QED) is 0.624. The zero-order valence-electron chi connectivity index (χ0n) is 12.5. The second-order valence-electron chi connectivity index (χ2n) is 6.51. The number of hydrogen-bond donors (Lipinski definition) is 0. The molecule has 0 fully saturated rings. The van der Waals surface area contributed by atoms with Crippen molar-refractivity contribution in [2.75, 3.05) is 19.4 Å². The molecular weight excluding hydrogens is 235 g/mol. The van der Waals surface area contributed by atoms with Crippen molar-refractivity contribution >= 4 is 7.60 Å². The molecule has 0 saturated heterocycles. The highest BCUT2D eigenvalue weighted by molar-refractivity contribution is 7.53. The van der Waals surface area contributed by atoms with E-state index in [2.05, 4.69) is 34.6 Å². The van der Waals surface area contributed by atoms with Gasteiger partial charge < -0.3 is 9.05 Å². The van der Waals surface area contributed by atoms with E-state index in [0.29, 0.717) is 19.4 Å². The summed E-state index contributed by atoms with van der Waals surface area (Å²) in [7, 11) is -2.93. The highest BCUT2D eigenvalue weighted by Gasteiger charge is 2.35. The van der Waals surface area contributed by atoms with Crippen molar-refractivity contribution < 1.29 is 13.6 Å². The summed E-state index contributed by atoms with van der Waals surface area (Å²) in [5.74, 6) is 0. The molecule has 0 spiro atoms. The van der Waals surface area contributed by atoms with Crippen molar-refractivity contribution in [1.29, 1.82) is 0 Å². The summed E-state index contributed by atoms with van der Waals surface area (Å²) < 4.78 is 23.2. The number of rotatable bonds is 7. The Morgan fingerprint density at radius 2 is 1.35 bits per heavy atom. The van der Waals surface area contributed by atoms with Crippen LogP contribution in [0, 0.1) is 10.8 Å². The third kappa shape index (κ3) is 7.96. The van der Waals surface area contributed by atoms with E-state index in [-0.39, 0.29) is 10.8 Å². The van der Waals surface area contributed by atoms with Crippen LogP contribution in [0.5, 0.6) is 0 Å². The fourth-order valence-electron chi connectivity index (χ4n) is 2.54. The van der Waals surface area contributed by atoms with Crippen LogP contribution in [-0.4, -0.2) is 19.4 Å². The summed E-state index contributed by atoms with van der Waals surface area (Å²) >= 11 is 0. The molecule has 0 heterocycles. The molecule has 0 radical (unpaired) electrons. The Morgan fingerprint density at radius 1 is 0.941 bits per heavy atom. The second kappa shape index (κ2) is 6.36. The van der Waals surface area contributed by atoms with E-state index in [0.717, 1.165) is 6.42 Å². The van der Waals surface area contributed by atoms with E-state index in [9.17, 15) is 4.57 Å². The molecule has 0 aliphatic rings. The van der Waals surface area contributed by atoms with Crippen LogP contribution in [0.25, 0.3) is 0 Å². The molecule has 104 valence electrons. The van der Waals surface area contributed by atoms with Crippen LogP contribution in [0.1, 0.15) is 54.9 Å². The maximum atomic E-state index is 12.5. The molecule has 0 aromatic heterocycles. The van der Waals surface area contributed by atoms with Gasteiger partial charge in [0.2, 0.25) is 0 Å². The molecule has 0 aliphatic carbocycles. The van der Waals surface area contributed by atoms with Gasteiger partial charge in [0.25, 0.3) is 0 Å². The van der Waals surface area contributed by atoms with Crippen LogP contribution in [0.3, 0.4) is 0 Å². The van der Waals surface area contributed by atoms with Crippen LogP contribution < -0.4 is 0 Å². The van der Waals surface area contributed by atoms with Gasteiger partial charge in [0, 0.05) is 0 Å². The second-order valence-corrected chi connectivity index (χ2v) is 8.56. The smallest absolute Gasteiger partial charge is 0.309 e. The van der Waals surface area contributed by atoms with E-state index in [1.165, 1.54) is 0 Å². The Balaban J connectivity index is 4.69. The topological polar surface area (TPSA) is 35.5 Å². The minimum Gasteiger partial charge on any atom is -0.309 e. The third-order valence-corrected chi connectivity index (χ3v) is 4.83. The van der Waals surface area contributed by atoms with Gasteiger partial charge in [-0.1, -0.05) is 34.6 Å². The largest absolute Gasteiger partial charge is 0.331 e. The average Bonchev–Trinajstić information content (AvgIpc) is 1.96. The lowest BCUT2D eigenvalue weighted by molar-refractivity contribution is 0.187. The lowest BCUT2D eigenvalue weighted by Crippen LogP contribution is -2.25. The van der Waals surface area contributed by atoms with E-state index in [4.69, 9.17) is 9.05 Å². The first kappa shape index (κ1) is 17.2. The molecule has 4 heteroatoms. The van der Waals surface area contributed by atoms with Crippen LogP contribution in [0.2, 0.25) is 0 Å². The van der Waals surface area contributed by atoms with Gasteiger partial charge in [-0.05, 0) is 31.1 Å². The van der Waals surface area contributed by atoms with Crippen molar-refractivity contribution in [1.82, 2.24) is 0 Å². The summed E-state index contributed by atoms with van der Waals surface area (Å²) in [6, 6.07) is 0. The molecule has 0 N–H and O–H groups in total. The summed E-state index contributed by atoms with van der Waals surface area (Å²) in [6.45, 7) is 15.4. The fourth-order valence-corrected chi connectivity index (χ4v) is 4.74. The first-order valence-corrected chi connectivity index (χ1v) is 8.14. The van der Waals surface area contributed by atoms with Crippen LogP contribution in [-0.2, 0) is 13.6 Å². The minimum absolute atomic E-state index is 0.0435. The Bertz CT molecular complexity index is 256. The van der Waals surface area contributed by atoms with Crippen LogP contribution in [0.4, 0.5) is 0 Å². The maximum Gasteiger partial charge on any atom is 0.331 e. The molecule has 0 bridgehead atoms. The monoisotopic (exact) mass is 264 g/mol. The van der Waals surface area contributed by atoms with Gasteiger partial charge in [-0.2, -0.15) is 0 Å². The molecule has 0 aromatic carbocycles. The summed E-state index contributed by atoms with van der Waals surface area (Å²) in [6.07, 6.45) is 1.48. The van der Waals surface area contributed by atoms with Gasteiger partial charge in [-0.15, -0.1) is 0 Å². The van der Waals surface area contributed by atoms with E-state index >= 15 is 0 Å². The summed E-state index contributed by atoms with van der Waals surface area (Å²) in [5.41, 5.74) is 0.172. The Morgan fingerprint density at radius 3 is 1.65 bits per heavy atom. The van der Waals surface area contributed by atoms with Gasteiger partial charge >= 0.3 is 7.60 Å². The predicted molar refractivity (Wildman–Crippen MR) is 73.6 cm³/mol. The molecule has 0 aliphatic heterocycles. The SMILES string of the molecule is CCOP(=O)(CC(C)(C)CC(C)(C)C)OCC. The molecule has 0 aromatic rings. The Hall–Kier alpha value is 0.150. The molecule has 0 rings (SSSR count). The zero-order valence-corrected chi connectivity index (χ0v) is 13.4. The highest BCUT2D eigenvalue weighted by Crippen LogP contribution is 2.54. The predicted octanol–water partition coefficient (Wildman–Crippen LogP) is 4.71. The lowest BCUT2D eigenvalue weighted by atomic mass is 9.77. The Kier molecular flexibility index (Phi) is 6.41. The first-order valence-electron chi connectivity index (χ1n) is 6.42. The van der Waals surface area contributed by atoms with Crippen LogP contribution in [0.15, 0.2) is 0 Å². The zero-order chi connectivity index (χ0) is 13.7. The van der Waals surface area contributed by atoms with Crippen LogP contribution >= 0.6 is 7.60 Å². The molecule has 0 amide bonds. The number of hydrogen-bond acceptors (Lipinski definition) is 3. The first-order chi connectivity index (χ1) is 7.54. The van der Waals surface area contributed by atoms with Gasteiger partial charge in [0.05, 0.1) is 19.4 Å². The molecule has 3 nitrogen and oxygen atoms in total. The molecule has 17 heavy (non-hydrogen) atoms. The van der Waals surface area contributed by atoms with Gasteiger partial charge in [-0.3, -0.25) is 4.57 Å². The highest BCUT2D eigenvalue weighted by atomic mass is 31.2. The third-order valence-electron chi connectivity index (χ3n) is 2.28. The van der Waals surface area contributed by atoms with Gasteiger partial charge in [-0.25, -0.2) is 0 Å². The van der Waals surface area contributed by atoms with Gasteiger partial charge in [0.1, 0.15) is 0 Å². The van der Waals surface area contributed by atoms with E-state index in [1.807, 2.05) is 13.8 Å².